The minimum Gasteiger partial charge on any atom is -0.493 e. The fraction of sp³-hybridized carbons (Fsp3) is 0.241. The van der Waals surface area contributed by atoms with Crippen molar-refractivity contribution in [3.63, 3.8) is 0 Å². The number of carbonyl (C=O) groups excluding carboxylic acids is 1. The summed E-state index contributed by atoms with van der Waals surface area (Å²) in [6.07, 6.45) is 1.49. The molecule has 0 fully saturated rings. The van der Waals surface area contributed by atoms with Crippen LogP contribution in [0.2, 0.25) is 0 Å². The number of ether oxygens (including phenoxy) is 3. The third-order valence-corrected chi connectivity index (χ3v) is 6.27. The number of benzene rings is 3. The molecule has 1 N–H and O–H groups in total. The minimum atomic E-state index is -0.565. The first-order valence-corrected chi connectivity index (χ1v) is 13.0. The number of hydrogen-bond donors (Lipinski definition) is 1. The van der Waals surface area contributed by atoms with Crippen LogP contribution in [0.15, 0.2) is 69.0 Å². The molecule has 40 heavy (non-hydrogen) atoms. The van der Waals surface area contributed by atoms with Crippen LogP contribution in [0.5, 0.6) is 17.2 Å². The van der Waals surface area contributed by atoms with Gasteiger partial charge in [-0.15, -0.1) is 0 Å². The van der Waals surface area contributed by atoms with Gasteiger partial charge < -0.3 is 19.5 Å². The van der Waals surface area contributed by atoms with Crippen LogP contribution in [-0.4, -0.2) is 42.6 Å². The molecule has 0 bridgehead atoms. The molecule has 4 aromatic rings. The van der Waals surface area contributed by atoms with E-state index >= 15 is 0 Å². The molecule has 4 rings (SSSR count). The number of rotatable bonds is 8. The van der Waals surface area contributed by atoms with E-state index in [2.05, 4.69) is 26.3 Å². The number of anilines is 1. The molecular weight excluding hydrogens is 583 g/mol. The molecule has 0 atom stereocenters. The standard InChI is InChI=1S/C29H28BrFN4O5/c1-29(2,3)28-34-21-11-10-18(30)14-19(21)27(37)35(28)32-15-17-12-23(38-4)26(24(13-17)39-5)40-16-25(36)33-22-9-7-6-8-20(22)31/h6-15H,16H2,1-5H3,(H,33,36). The minimum absolute atomic E-state index is 0.0435. The van der Waals surface area contributed by atoms with Gasteiger partial charge >= 0.3 is 0 Å². The van der Waals surface area contributed by atoms with Crippen LogP contribution in [0.3, 0.4) is 0 Å². The highest BCUT2D eigenvalue weighted by Crippen LogP contribution is 2.38. The van der Waals surface area contributed by atoms with Crippen molar-refractivity contribution in [1.82, 2.24) is 9.66 Å². The number of methoxy groups -OCH3 is 2. The Bertz CT molecular complexity index is 1640. The molecule has 11 heteroatoms. The van der Waals surface area contributed by atoms with E-state index in [9.17, 15) is 14.0 Å². The van der Waals surface area contributed by atoms with E-state index in [1.165, 1.54) is 43.3 Å². The number of fused-ring (bicyclic) bond motifs is 1. The summed E-state index contributed by atoms with van der Waals surface area (Å²) in [5.41, 5.74) is 0.370. The first-order chi connectivity index (χ1) is 19.0. The van der Waals surface area contributed by atoms with Gasteiger partial charge in [0.2, 0.25) is 5.75 Å². The Morgan fingerprint density at radius 3 is 2.40 bits per heavy atom. The van der Waals surface area contributed by atoms with Crippen molar-refractivity contribution in [3.8, 4) is 17.2 Å². The number of hydrogen-bond acceptors (Lipinski definition) is 7. The summed E-state index contributed by atoms with van der Waals surface area (Å²) >= 11 is 3.41. The molecule has 1 aromatic heterocycles. The Kier molecular flexibility index (Phi) is 8.53. The van der Waals surface area contributed by atoms with Crippen LogP contribution in [0.4, 0.5) is 10.1 Å². The molecule has 0 aliphatic rings. The number of halogens is 2. The fourth-order valence-corrected chi connectivity index (χ4v) is 4.23. The van der Waals surface area contributed by atoms with Crippen molar-refractivity contribution in [2.75, 3.05) is 26.1 Å². The molecule has 0 aliphatic heterocycles. The van der Waals surface area contributed by atoms with Crippen molar-refractivity contribution >= 4 is 44.6 Å². The zero-order valence-electron chi connectivity index (χ0n) is 22.6. The van der Waals surface area contributed by atoms with Crippen LogP contribution >= 0.6 is 15.9 Å². The number of nitrogens with one attached hydrogen (secondary N) is 1. The zero-order valence-corrected chi connectivity index (χ0v) is 24.2. The summed E-state index contributed by atoms with van der Waals surface area (Å²) in [6.45, 7) is 5.43. The lowest BCUT2D eigenvalue weighted by molar-refractivity contribution is -0.118. The summed E-state index contributed by atoms with van der Waals surface area (Å²) in [7, 11) is 2.88. The molecule has 0 saturated carbocycles. The second-order valence-corrected chi connectivity index (χ2v) is 10.7. The maximum atomic E-state index is 13.9. The molecule has 3 aromatic carbocycles. The van der Waals surface area contributed by atoms with Gasteiger partial charge in [-0.2, -0.15) is 9.78 Å². The summed E-state index contributed by atoms with van der Waals surface area (Å²) in [5, 5.41) is 7.37. The highest BCUT2D eigenvalue weighted by Gasteiger charge is 2.23. The maximum Gasteiger partial charge on any atom is 0.282 e. The summed E-state index contributed by atoms with van der Waals surface area (Å²) in [6, 6.07) is 14.4. The van der Waals surface area contributed by atoms with Crippen LogP contribution < -0.4 is 25.1 Å². The van der Waals surface area contributed by atoms with Crippen LogP contribution in [0.25, 0.3) is 10.9 Å². The van der Waals surface area contributed by atoms with Crippen LogP contribution in [-0.2, 0) is 10.2 Å². The van der Waals surface area contributed by atoms with Gasteiger partial charge in [-0.25, -0.2) is 9.37 Å². The number of aromatic nitrogens is 2. The molecule has 1 amide bonds. The third kappa shape index (κ3) is 6.31. The number of nitrogens with zero attached hydrogens (tertiary/aromatic N) is 3. The van der Waals surface area contributed by atoms with E-state index in [-0.39, 0.29) is 28.5 Å². The zero-order chi connectivity index (χ0) is 29.0. The Hall–Kier alpha value is -4.25. The summed E-state index contributed by atoms with van der Waals surface area (Å²) in [4.78, 5) is 30.5. The van der Waals surface area contributed by atoms with E-state index in [4.69, 9.17) is 19.2 Å². The summed E-state index contributed by atoms with van der Waals surface area (Å²) in [5.74, 6) is 0.0767. The smallest absolute Gasteiger partial charge is 0.282 e. The van der Waals surface area contributed by atoms with Gasteiger partial charge in [0.15, 0.2) is 18.1 Å². The monoisotopic (exact) mass is 610 g/mol. The number of carbonyl (C=O) groups is 1. The lowest BCUT2D eigenvalue weighted by Gasteiger charge is -2.21. The molecular formula is C29H28BrFN4O5. The second kappa shape index (κ2) is 11.9. The van der Waals surface area contributed by atoms with Crippen molar-refractivity contribution in [1.29, 1.82) is 0 Å². The molecule has 0 saturated heterocycles. The first-order valence-electron chi connectivity index (χ1n) is 12.2. The molecule has 1 heterocycles. The second-order valence-electron chi connectivity index (χ2n) is 9.78. The lowest BCUT2D eigenvalue weighted by Crippen LogP contribution is -2.29. The highest BCUT2D eigenvalue weighted by molar-refractivity contribution is 9.10. The number of amides is 1. The van der Waals surface area contributed by atoms with Gasteiger partial charge in [0.05, 0.1) is 37.0 Å². The van der Waals surface area contributed by atoms with Gasteiger partial charge in [0, 0.05) is 15.5 Å². The fourth-order valence-electron chi connectivity index (χ4n) is 3.87. The van der Waals surface area contributed by atoms with Crippen molar-refractivity contribution in [2.24, 2.45) is 5.10 Å². The SMILES string of the molecule is COc1cc(C=Nn2c(C(C)(C)C)nc3ccc(Br)cc3c2=O)cc(OC)c1OCC(=O)Nc1ccccc1F. The van der Waals surface area contributed by atoms with E-state index < -0.39 is 23.7 Å². The normalized spacial score (nSPS) is 11.6. The Morgan fingerprint density at radius 1 is 1.10 bits per heavy atom. The summed E-state index contributed by atoms with van der Waals surface area (Å²) < 4.78 is 32.5. The van der Waals surface area contributed by atoms with Gasteiger partial charge in [-0.3, -0.25) is 9.59 Å². The number of para-hydroxylation sites is 1. The third-order valence-electron chi connectivity index (χ3n) is 5.78. The van der Waals surface area contributed by atoms with Crippen LogP contribution in [0.1, 0.15) is 32.2 Å². The molecule has 0 radical (unpaired) electrons. The van der Waals surface area contributed by atoms with Crippen molar-refractivity contribution in [3.05, 3.63) is 86.6 Å². The Balaban J connectivity index is 1.66. The van der Waals surface area contributed by atoms with Crippen LogP contribution in [0, 0.1) is 5.82 Å². The first kappa shape index (κ1) is 28.8. The molecule has 9 nitrogen and oxygen atoms in total. The Labute approximate surface area is 238 Å². The van der Waals surface area contributed by atoms with Crippen molar-refractivity contribution in [2.45, 2.75) is 26.2 Å². The topological polar surface area (TPSA) is 104 Å². The van der Waals surface area contributed by atoms with Gasteiger partial charge in [0.1, 0.15) is 11.6 Å². The largest absolute Gasteiger partial charge is 0.493 e. The van der Waals surface area contributed by atoms with Gasteiger partial charge in [-0.05, 0) is 42.5 Å². The quantitative estimate of drug-likeness (QED) is 0.264. The van der Waals surface area contributed by atoms with E-state index in [0.717, 1.165) is 4.47 Å². The highest BCUT2D eigenvalue weighted by atomic mass is 79.9. The molecule has 0 unspecified atom stereocenters. The lowest BCUT2D eigenvalue weighted by atomic mass is 9.95. The van der Waals surface area contributed by atoms with E-state index in [1.54, 1.807) is 30.3 Å². The molecule has 208 valence electrons. The maximum absolute atomic E-state index is 13.9. The average Bonchev–Trinajstić information content (AvgIpc) is 2.92. The van der Waals surface area contributed by atoms with Gasteiger partial charge in [0.25, 0.3) is 11.5 Å². The van der Waals surface area contributed by atoms with E-state index in [0.29, 0.717) is 22.3 Å². The predicted octanol–water partition coefficient (Wildman–Crippen LogP) is 5.51. The Morgan fingerprint density at radius 2 is 1.77 bits per heavy atom. The predicted molar refractivity (Wildman–Crippen MR) is 155 cm³/mol. The van der Waals surface area contributed by atoms with Crippen molar-refractivity contribution < 1.29 is 23.4 Å². The average molecular weight is 611 g/mol. The molecule has 0 aliphatic carbocycles. The van der Waals surface area contributed by atoms with Gasteiger partial charge in [-0.1, -0.05) is 48.8 Å². The molecule has 0 spiro atoms. The van der Waals surface area contributed by atoms with E-state index in [1.807, 2.05) is 26.8 Å².